The number of nitrogens with one attached hydrogen (secondary N) is 2. The molecule has 0 aliphatic carbocycles. The van der Waals surface area contributed by atoms with Crippen LogP contribution in [0.4, 0.5) is 5.69 Å². The van der Waals surface area contributed by atoms with Crippen molar-refractivity contribution in [1.82, 2.24) is 15.2 Å². The summed E-state index contributed by atoms with van der Waals surface area (Å²) in [5.74, 6) is 0.00982. The summed E-state index contributed by atoms with van der Waals surface area (Å²) in [7, 11) is 0. The van der Waals surface area contributed by atoms with E-state index in [4.69, 9.17) is 0 Å². The number of hydrogen-bond acceptors (Lipinski definition) is 2. The predicted molar refractivity (Wildman–Crippen MR) is 86.4 cm³/mol. The van der Waals surface area contributed by atoms with Crippen LogP contribution in [-0.2, 0) is 6.42 Å². The van der Waals surface area contributed by atoms with Crippen molar-refractivity contribution in [3.8, 4) is 0 Å². The van der Waals surface area contributed by atoms with Gasteiger partial charge in [-0.15, -0.1) is 0 Å². The highest BCUT2D eigenvalue weighted by atomic mass is 16.2. The molecule has 1 aliphatic heterocycles. The van der Waals surface area contributed by atoms with Crippen LogP contribution < -0.4 is 4.90 Å². The van der Waals surface area contributed by atoms with E-state index in [1.54, 1.807) is 6.20 Å². The first-order valence-corrected chi connectivity index (χ1v) is 7.58. The Labute approximate surface area is 128 Å². The SMILES string of the molecule is Cc1ccc2[nH]c(C(=O)N3CCCc4[nH]ncc43)cc2c1C. The van der Waals surface area contributed by atoms with Crippen molar-refractivity contribution >= 4 is 22.5 Å². The molecule has 22 heavy (non-hydrogen) atoms. The molecule has 0 spiro atoms. The van der Waals surface area contributed by atoms with Gasteiger partial charge in [-0.2, -0.15) is 5.10 Å². The molecule has 1 aliphatic rings. The van der Waals surface area contributed by atoms with E-state index < -0.39 is 0 Å². The van der Waals surface area contributed by atoms with Crippen LogP contribution in [0.1, 0.15) is 33.7 Å². The highest BCUT2D eigenvalue weighted by Gasteiger charge is 2.26. The molecule has 0 fully saturated rings. The van der Waals surface area contributed by atoms with Gasteiger partial charge in [-0.3, -0.25) is 9.89 Å². The molecule has 1 aromatic carbocycles. The van der Waals surface area contributed by atoms with Gasteiger partial charge in [0.25, 0.3) is 5.91 Å². The smallest absolute Gasteiger partial charge is 0.274 e. The Morgan fingerprint density at radius 3 is 3.05 bits per heavy atom. The highest BCUT2D eigenvalue weighted by molar-refractivity contribution is 6.08. The summed E-state index contributed by atoms with van der Waals surface area (Å²) in [6.07, 6.45) is 3.65. The second kappa shape index (κ2) is 4.73. The third-order valence-corrected chi connectivity index (χ3v) is 4.61. The van der Waals surface area contributed by atoms with E-state index in [-0.39, 0.29) is 5.91 Å². The number of aromatic nitrogens is 3. The third kappa shape index (κ3) is 1.85. The fourth-order valence-electron chi connectivity index (χ4n) is 3.19. The predicted octanol–water partition coefficient (Wildman–Crippen LogP) is 3.10. The van der Waals surface area contributed by atoms with E-state index in [0.717, 1.165) is 41.7 Å². The lowest BCUT2D eigenvalue weighted by atomic mass is 10.1. The second-order valence-electron chi connectivity index (χ2n) is 5.95. The molecule has 4 rings (SSSR count). The highest BCUT2D eigenvalue weighted by Crippen LogP contribution is 2.28. The zero-order chi connectivity index (χ0) is 15.3. The largest absolute Gasteiger partial charge is 0.351 e. The van der Waals surface area contributed by atoms with Crippen LogP contribution in [0.25, 0.3) is 10.9 Å². The molecule has 0 saturated carbocycles. The average Bonchev–Trinajstić information content (AvgIpc) is 3.16. The Hall–Kier alpha value is -2.56. The lowest BCUT2D eigenvalue weighted by molar-refractivity contribution is 0.0981. The van der Waals surface area contributed by atoms with Gasteiger partial charge in [-0.05, 0) is 49.9 Å². The number of fused-ring (bicyclic) bond motifs is 2. The third-order valence-electron chi connectivity index (χ3n) is 4.61. The molecule has 3 heterocycles. The Balaban J connectivity index is 1.77. The number of H-pyrrole nitrogens is 2. The van der Waals surface area contributed by atoms with Gasteiger partial charge in [0.1, 0.15) is 5.69 Å². The van der Waals surface area contributed by atoms with Crippen molar-refractivity contribution in [2.24, 2.45) is 0 Å². The van der Waals surface area contributed by atoms with Gasteiger partial charge in [0.15, 0.2) is 0 Å². The molecule has 0 saturated heterocycles. The van der Waals surface area contributed by atoms with Crippen molar-refractivity contribution in [2.45, 2.75) is 26.7 Å². The Kier molecular flexibility index (Phi) is 2.82. The minimum absolute atomic E-state index is 0.00982. The van der Waals surface area contributed by atoms with E-state index in [1.165, 1.54) is 11.1 Å². The summed E-state index contributed by atoms with van der Waals surface area (Å²) in [4.78, 5) is 18.0. The molecule has 112 valence electrons. The average molecular weight is 294 g/mol. The minimum atomic E-state index is 0.00982. The molecular formula is C17H18N4O. The monoisotopic (exact) mass is 294 g/mol. The number of amides is 1. The first-order chi connectivity index (χ1) is 10.6. The molecule has 0 radical (unpaired) electrons. The normalized spacial score (nSPS) is 14.4. The summed E-state index contributed by atoms with van der Waals surface area (Å²) in [5.41, 5.74) is 6.05. The van der Waals surface area contributed by atoms with Crippen LogP contribution in [0.15, 0.2) is 24.4 Å². The molecule has 0 atom stereocenters. The molecule has 2 N–H and O–H groups in total. The van der Waals surface area contributed by atoms with Crippen LogP contribution in [0, 0.1) is 13.8 Å². The molecule has 0 unspecified atom stereocenters. The Morgan fingerprint density at radius 1 is 1.32 bits per heavy atom. The number of aromatic amines is 2. The topological polar surface area (TPSA) is 64.8 Å². The van der Waals surface area contributed by atoms with E-state index in [2.05, 4.69) is 35.1 Å². The van der Waals surface area contributed by atoms with E-state index in [9.17, 15) is 4.79 Å². The van der Waals surface area contributed by atoms with Crippen LogP contribution in [0.3, 0.4) is 0 Å². The van der Waals surface area contributed by atoms with Crippen molar-refractivity contribution < 1.29 is 4.79 Å². The van der Waals surface area contributed by atoms with Gasteiger partial charge in [-0.1, -0.05) is 6.07 Å². The van der Waals surface area contributed by atoms with Crippen LogP contribution in [0.5, 0.6) is 0 Å². The van der Waals surface area contributed by atoms with Gasteiger partial charge in [0.05, 0.1) is 17.6 Å². The maximum atomic E-state index is 12.9. The van der Waals surface area contributed by atoms with Crippen LogP contribution in [0.2, 0.25) is 0 Å². The Bertz CT molecular complexity index is 874. The lowest BCUT2D eigenvalue weighted by Gasteiger charge is -2.25. The fraction of sp³-hybridized carbons (Fsp3) is 0.294. The number of nitrogens with zero attached hydrogens (tertiary/aromatic N) is 2. The van der Waals surface area contributed by atoms with Gasteiger partial charge in [0.2, 0.25) is 0 Å². The first kappa shape index (κ1) is 13.1. The fourth-order valence-corrected chi connectivity index (χ4v) is 3.19. The summed E-state index contributed by atoms with van der Waals surface area (Å²) < 4.78 is 0. The first-order valence-electron chi connectivity index (χ1n) is 7.58. The molecule has 1 amide bonds. The number of hydrogen-bond donors (Lipinski definition) is 2. The molecule has 2 aromatic heterocycles. The zero-order valence-electron chi connectivity index (χ0n) is 12.7. The maximum Gasteiger partial charge on any atom is 0.274 e. The van der Waals surface area contributed by atoms with Gasteiger partial charge in [-0.25, -0.2) is 0 Å². The minimum Gasteiger partial charge on any atom is -0.351 e. The van der Waals surface area contributed by atoms with Crippen molar-refractivity contribution in [3.63, 3.8) is 0 Å². The van der Waals surface area contributed by atoms with Crippen molar-refractivity contribution in [1.29, 1.82) is 0 Å². The number of benzene rings is 1. The molecular weight excluding hydrogens is 276 g/mol. The van der Waals surface area contributed by atoms with E-state index >= 15 is 0 Å². The zero-order valence-corrected chi connectivity index (χ0v) is 12.7. The quantitative estimate of drug-likeness (QED) is 0.724. The maximum absolute atomic E-state index is 12.9. The number of anilines is 1. The van der Waals surface area contributed by atoms with Crippen LogP contribution >= 0.6 is 0 Å². The summed E-state index contributed by atoms with van der Waals surface area (Å²) in [6.45, 7) is 4.92. The molecule has 5 nitrogen and oxygen atoms in total. The van der Waals surface area contributed by atoms with Gasteiger partial charge in [0, 0.05) is 17.4 Å². The number of carbonyl (C=O) groups excluding carboxylic acids is 1. The van der Waals surface area contributed by atoms with Crippen molar-refractivity contribution in [2.75, 3.05) is 11.4 Å². The molecule has 5 heteroatoms. The molecule has 0 bridgehead atoms. The van der Waals surface area contributed by atoms with Gasteiger partial charge < -0.3 is 9.88 Å². The van der Waals surface area contributed by atoms with E-state index in [1.807, 2.05) is 17.0 Å². The standard InChI is InChI=1S/C17H18N4O/c1-10-5-6-13-12(11(10)2)8-15(19-13)17(22)21-7-3-4-14-16(21)9-18-20-14/h5-6,8-9,19H,3-4,7H2,1-2H3,(H,18,20). The summed E-state index contributed by atoms with van der Waals surface area (Å²) >= 11 is 0. The summed E-state index contributed by atoms with van der Waals surface area (Å²) in [5, 5.41) is 8.17. The van der Waals surface area contributed by atoms with Crippen LogP contribution in [-0.4, -0.2) is 27.6 Å². The number of aryl methyl sites for hydroxylation is 3. The van der Waals surface area contributed by atoms with E-state index in [0.29, 0.717) is 5.69 Å². The summed E-state index contributed by atoms with van der Waals surface area (Å²) in [6, 6.07) is 6.08. The second-order valence-corrected chi connectivity index (χ2v) is 5.95. The lowest BCUT2D eigenvalue weighted by Crippen LogP contribution is -2.35. The van der Waals surface area contributed by atoms with Gasteiger partial charge >= 0.3 is 0 Å². The Morgan fingerprint density at radius 2 is 2.18 bits per heavy atom. The van der Waals surface area contributed by atoms with Crippen molar-refractivity contribution in [3.05, 3.63) is 46.9 Å². The number of rotatable bonds is 1. The molecule has 3 aromatic rings. The number of carbonyl (C=O) groups is 1.